The normalized spacial score (nSPS) is 9.71. The van der Waals surface area contributed by atoms with Gasteiger partial charge in [0.2, 0.25) is 0 Å². The zero-order chi connectivity index (χ0) is 10.1. The first-order chi connectivity index (χ1) is 6.93. The lowest BCUT2D eigenvalue weighted by atomic mass is 10.2. The van der Waals surface area contributed by atoms with Gasteiger partial charge in [-0.25, -0.2) is 0 Å². The fourth-order valence-electron chi connectivity index (χ4n) is 1.18. The van der Waals surface area contributed by atoms with Gasteiger partial charge in [-0.05, 0) is 31.4 Å². The fourth-order valence-corrected chi connectivity index (χ4v) is 1.18. The lowest BCUT2D eigenvalue weighted by Gasteiger charge is -2.04. The molecule has 0 unspecified atom stereocenters. The minimum atomic E-state index is 0.547. The van der Waals surface area contributed by atoms with Crippen molar-refractivity contribution in [2.75, 3.05) is 6.61 Å². The Morgan fingerprint density at radius 2 is 1.86 bits per heavy atom. The van der Waals surface area contributed by atoms with Gasteiger partial charge in [-0.1, -0.05) is 18.2 Å². The average Bonchev–Trinajstić information content (AvgIpc) is 2.25. The molecule has 1 aromatic carbocycles. The van der Waals surface area contributed by atoms with E-state index < -0.39 is 0 Å². The molecule has 2 nitrogen and oxygen atoms in total. The van der Waals surface area contributed by atoms with Crippen molar-refractivity contribution in [3.05, 3.63) is 30.3 Å². The van der Waals surface area contributed by atoms with Crippen LogP contribution in [-0.4, -0.2) is 12.9 Å². The molecule has 0 bridgehead atoms. The van der Waals surface area contributed by atoms with Crippen molar-refractivity contribution in [3.63, 3.8) is 0 Å². The molecule has 75 valence electrons. The Morgan fingerprint density at radius 1 is 1.07 bits per heavy atom. The van der Waals surface area contributed by atoms with E-state index in [4.69, 9.17) is 4.74 Å². The van der Waals surface area contributed by atoms with Gasteiger partial charge in [-0.2, -0.15) is 0 Å². The number of unbranched alkanes of at least 4 members (excludes halogenated alkanes) is 3. The van der Waals surface area contributed by atoms with E-state index in [1.165, 1.54) is 0 Å². The number of hydrogen-bond donors (Lipinski definition) is 0. The molecule has 1 rings (SSSR count). The Morgan fingerprint density at radius 3 is 2.57 bits per heavy atom. The molecule has 0 amide bonds. The number of rotatable bonds is 7. The molecular weight excluding hydrogens is 176 g/mol. The average molecular weight is 191 g/mol. The van der Waals surface area contributed by atoms with E-state index in [-0.39, 0.29) is 0 Å². The van der Waals surface area contributed by atoms with Crippen LogP contribution in [0.25, 0.3) is 0 Å². The highest BCUT2D eigenvalue weighted by molar-refractivity contribution is 5.50. The highest BCUT2D eigenvalue weighted by atomic mass is 16.5. The van der Waals surface area contributed by atoms with Crippen molar-refractivity contribution in [2.45, 2.75) is 25.7 Å². The first-order valence-corrected chi connectivity index (χ1v) is 4.96. The summed E-state index contributed by atoms with van der Waals surface area (Å²) < 4.78 is 5.49. The quantitative estimate of drug-likeness (QED) is 0.619. The summed E-state index contributed by atoms with van der Waals surface area (Å²) in [6.07, 6.45) is 5.38. The maximum Gasteiger partial charge on any atom is 0.198 e. The van der Waals surface area contributed by atoms with Gasteiger partial charge >= 0.3 is 0 Å². The lowest BCUT2D eigenvalue weighted by molar-refractivity contribution is 0.305. The highest BCUT2D eigenvalue weighted by Crippen LogP contribution is 2.09. The number of ether oxygens (including phenoxy) is 1. The van der Waals surface area contributed by atoms with Crippen molar-refractivity contribution < 1.29 is 9.53 Å². The maximum atomic E-state index is 9.90. The highest BCUT2D eigenvalue weighted by Gasteiger charge is 1.92. The van der Waals surface area contributed by atoms with Crippen LogP contribution in [0.1, 0.15) is 25.7 Å². The predicted molar refractivity (Wildman–Crippen MR) is 56.1 cm³/mol. The molecule has 0 heterocycles. The summed E-state index contributed by atoms with van der Waals surface area (Å²) in [5.41, 5.74) is 0. The molecule has 0 spiro atoms. The Hall–Kier alpha value is -1.31. The number of para-hydroxylation sites is 1. The summed E-state index contributed by atoms with van der Waals surface area (Å²) in [4.78, 5) is 9.90. The molecule has 0 saturated heterocycles. The lowest BCUT2D eigenvalue weighted by Crippen LogP contribution is -1.96. The second-order valence-corrected chi connectivity index (χ2v) is 3.12. The summed E-state index contributed by atoms with van der Waals surface area (Å²) in [7, 11) is 0. The third kappa shape index (κ3) is 4.65. The van der Waals surface area contributed by atoms with Crippen molar-refractivity contribution in [2.24, 2.45) is 0 Å². The van der Waals surface area contributed by atoms with Crippen LogP contribution in [0.3, 0.4) is 0 Å². The van der Waals surface area contributed by atoms with Crippen LogP contribution < -0.4 is 4.74 Å². The molecule has 1 radical (unpaired) electrons. The smallest absolute Gasteiger partial charge is 0.198 e. The van der Waals surface area contributed by atoms with E-state index >= 15 is 0 Å². The largest absolute Gasteiger partial charge is 0.494 e. The van der Waals surface area contributed by atoms with Crippen molar-refractivity contribution >= 4 is 6.29 Å². The molecule has 0 fully saturated rings. The summed E-state index contributed by atoms with van der Waals surface area (Å²) >= 11 is 0. The van der Waals surface area contributed by atoms with Crippen molar-refractivity contribution in [1.29, 1.82) is 0 Å². The number of benzene rings is 1. The molecule has 0 N–H and O–H groups in total. The van der Waals surface area contributed by atoms with Gasteiger partial charge in [-0.3, -0.25) is 4.79 Å². The van der Waals surface area contributed by atoms with Crippen LogP contribution in [0.5, 0.6) is 5.75 Å². The van der Waals surface area contributed by atoms with Gasteiger partial charge in [0, 0.05) is 6.42 Å². The van der Waals surface area contributed by atoms with E-state index in [1.54, 1.807) is 0 Å². The molecule has 0 aliphatic rings. The van der Waals surface area contributed by atoms with Gasteiger partial charge in [0.25, 0.3) is 0 Å². The molecule has 0 saturated carbocycles. The zero-order valence-electron chi connectivity index (χ0n) is 8.24. The molecule has 14 heavy (non-hydrogen) atoms. The van der Waals surface area contributed by atoms with Crippen LogP contribution in [0.15, 0.2) is 30.3 Å². The van der Waals surface area contributed by atoms with E-state index in [1.807, 2.05) is 36.6 Å². The first kappa shape index (κ1) is 10.8. The standard InChI is InChI=1S/C12H15O2/c13-10-6-1-2-7-11-14-12-8-4-3-5-9-12/h3-5,8-9H,1-2,6-7,11H2. The van der Waals surface area contributed by atoms with Crippen molar-refractivity contribution in [1.82, 2.24) is 0 Å². The minimum Gasteiger partial charge on any atom is -0.494 e. The number of hydrogen-bond acceptors (Lipinski definition) is 2. The Kier molecular flexibility index (Phi) is 5.48. The van der Waals surface area contributed by atoms with Crippen molar-refractivity contribution in [3.8, 4) is 5.75 Å². The molecule has 2 heteroatoms. The molecule has 1 aromatic rings. The van der Waals surface area contributed by atoms with E-state index in [2.05, 4.69) is 0 Å². The molecule has 0 aromatic heterocycles. The molecule has 0 aliphatic carbocycles. The molecule has 0 aliphatic heterocycles. The Labute approximate surface area is 84.9 Å². The predicted octanol–water partition coefficient (Wildman–Crippen LogP) is 2.74. The summed E-state index contributed by atoms with van der Waals surface area (Å²) in [5.74, 6) is 0.912. The fraction of sp³-hybridized carbons (Fsp3) is 0.417. The second kappa shape index (κ2) is 7.13. The minimum absolute atomic E-state index is 0.547. The summed E-state index contributed by atoms with van der Waals surface area (Å²) in [6.45, 7) is 0.725. The van der Waals surface area contributed by atoms with E-state index in [0.717, 1.165) is 31.6 Å². The second-order valence-electron chi connectivity index (χ2n) is 3.12. The Balaban J connectivity index is 2.02. The summed E-state index contributed by atoms with van der Waals surface area (Å²) in [6, 6.07) is 9.76. The molecular formula is C12H15O2. The van der Waals surface area contributed by atoms with Crippen LogP contribution in [0.2, 0.25) is 0 Å². The first-order valence-electron chi connectivity index (χ1n) is 4.96. The summed E-state index contributed by atoms with van der Waals surface area (Å²) in [5, 5.41) is 0. The van der Waals surface area contributed by atoms with Gasteiger partial charge in [0.05, 0.1) is 6.61 Å². The topological polar surface area (TPSA) is 26.3 Å². The number of carbonyl (C=O) groups excluding carboxylic acids is 1. The van der Waals surface area contributed by atoms with Gasteiger partial charge in [-0.15, -0.1) is 0 Å². The van der Waals surface area contributed by atoms with Crippen LogP contribution in [0.4, 0.5) is 0 Å². The van der Waals surface area contributed by atoms with Gasteiger partial charge in [0.15, 0.2) is 6.29 Å². The monoisotopic (exact) mass is 191 g/mol. The van der Waals surface area contributed by atoms with Gasteiger partial charge in [0.1, 0.15) is 5.75 Å². The SMILES string of the molecule is O=[C]CCCCCOc1ccccc1. The van der Waals surface area contributed by atoms with Crippen LogP contribution in [-0.2, 0) is 4.79 Å². The molecule has 0 atom stereocenters. The van der Waals surface area contributed by atoms with Crippen LogP contribution >= 0.6 is 0 Å². The van der Waals surface area contributed by atoms with Gasteiger partial charge < -0.3 is 4.74 Å². The van der Waals surface area contributed by atoms with E-state index in [0.29, 0.717) is 6.42 Å². The third-order valence-corrected chi connectivity index (χ3v) is 1.94. The van der Waals surface area contributed by atoms with E-state index in [9.17, 15) is 4.79 Å². The zero-order valence-corrected chi connectivity index (χ0v) is 8.24. The van der Waals surface area contributed by atoms with Crippen LogP contribution in [0, 0.1) is 0 Å². The Bertz CT molecular complexity index is 244. The maximum absolute atomic E-state index is 9.90. The third-order valence-electron chi connectivity index (χ3n) is 1.94.